The number of rotatable bonds is 3. The minimum atomic E-state index is -4.09. The van der Waals surface area contributed by atoms with Crippen molar-refractivity contribution >= 4 is 5.91 Å². The van der Waals surface area contributed by atoms with E-state index in [1.165, 1.54) is 0 Å². The number of piperazine rings is 1. The van der Waals surface area contributed by atoms with Crippen molar-refractivity contribution in [1.82, 2.24) is 9.80 Å². The van der Waals surface area contributed by atoms with Gasteiger partial charge in [-0.2, -0.15) is 13.2 Å². The summed E-state index contributed by atoms with van der Waals surface area (Å²) in [5.74, 6) is 0.852. The van der Waals surface area contributed by atoms with Gasteiger partial charge in [-0.25, -0.2) is 0 Å². The molecule has 0 aromatic heterocycles. The molecule has 0 bridgehead atoms. The zero-order valence-corrected chi connectivity index (χ0v) is 10.5. The number of carbonyl (C=O) groups excluding carboxylic acids is 1. The summed E-state index contributed by atoms with van der Waals surface area (Å²) in [6.07, 6.45) is -3.88. The first-order valence-electron chi connectivity index (χ1n) is 6.45. The third kappa shape index (κ3) is 3.60. The van der Waals surface area contributed by atoms with E-state index in [4.69, 9.17) is 0 Å². The molecule has 0 spiro atoms. The van der Waals surface area contributed by atoms with Crippen molar-refractivity contribution in [2.24, 2.45) is 11.8 Å². The van der Waals surface area contributed by atoms with Crippen molar-refractivity contribution in [3.63, 3.8) is 0 Å². The zero-order valence-electron chi connectivity index (χ0n) is 10.5. The molecule has 0 aromatic rings. The molecule has 0 radical (unpaired) electrons. The van der Waals surface area contributed by atoms with E-state index in [1.807, 2.05) is 0 Å². The van der Waals surface area contributed by atoms with Crippen LogP contribution in [0.4, 0.5) is 13.2 Å². The highest BCUT2D eigenvalue weighted by Crippen LogP contribution is 2.39. The van der Waals surface area contributed by atoms with E-state index in [9.17, 15) is 18.0 Å². The minimum absolute atomic E-state index is 0.0470. The average molecular weight is 264 g/mol. The maximum Gasteiger partial charge on any atom is 0.390 e. The van der Waals surface area contributed by atoms with Crippen molar-refractivity contribution < 1.29 is 18.0 Å². The molecule has 0 N–H and O–H groups in total. The van der Waals surface area contributed by atoms with Crippen LogP contribution in [0.3, 0.4) is 0 Å². The number of halogens is 3. The summed E-state index contributed by atoms with van der Waals surface area (Å²) in [6.45, 7) is 4.36. The molecule has 104 valence electrons. The van der Waals surface area contributed by atoms with Gasteiger partial charge in [0.25, 0.3) is 0 Å². The number of carbonyl (C=O) groups is 1. The molecule has 2 fully saturated rings. The molecule has 6 heteroatoms. The second-order valence-corrected chi connectivity index (χ2v) is 5.35. The molecular weight excluding hydrogens is 245 g/mol. The lowest BCUT2D eigenvalue weighted by Gasteiger charge is -2.35. The van der Waals surface area contributed by atoms with E-state index in [-0.39, 0.29) is 18.4 Å². The summed E-state index contributed by atoms with van der Waals surface area (Å²) in [7, 11) is 0. The van der Waals surface area contributed by atoms with Crippen molar-refractivity contribution in [1.29, 1.82) is 0 Å². The first kappa shape index (κ1) is 13.6. The molecule has 1 amide bonds. The molecule has 2 aliphatic rings. The normalized spacial score (nSPS) is 29.4. The van der Waals surface area contributed by atoms with Crippen LogP contribution in [0.5, 0.6) is 0 Å². The number of hydrogen-bond acceptors (Lipinski definition) is 2. The van der Waals surface area contributed by atoms with Crippen LogP contribution >= 0.6 is 0 Å². The molecule has 2 atom stereocenters. The smallest absolute Gasteiger partial charge is 0.340 e. The van der Waals surface area contributed by atoms with Gasteiger partial charge in [0.15, 0.2) is 0 Å². The number of hydrogen-bond donors (Lipinski definition) is 0. The molecule has 1 aliphatic heterocycles. The van der Waals surface area contributed by atoms with Gasteiger partial charge in [0.1, 0.15) is 0 Å². The lowest BCUT2D eigenvalue weighted by atomic mass is 10.2. The number of amides is 1. The summed E-state index contributed by atoms with van der Waals surface area (Å²) in [5.41, 5.74) is 0. The van der Waals surface area contributed by atoms with Gasteiger partial charge in [0, 0.05) is 38.6 Å². The second-order valence-electron chi connectivity index (χ2n) is 5.35. The van der Waals surface area contributed by atoms with Gasteiger partial charge in [-0.05, 0) is 12.3 Å². The molecule has 1 saturated carbocycles. The molecular formula is C12H19F3N2O. The Balaban J connectivity index is 1.70. The Hall–Kier alpha value is -0.780. The highest BCUT2D eigenvalue weighted by Gasteiger charge is 2.42. The van der Waals surface area contributed by atoms with Crippen LogP contribution in [0, 0.1) is 11.8 Å². The zero-order chi connectivity index (χ0) is 13.3. The fourth-order valence-corrected chi connectivity index (χ4v) is 2.38. The van der Waals surface area contributed by atoms with Gasteiger partial charge >= 0.3 is 6.18 Å². The average Bonchev–Trinajstić information content (AvgIpc) is 3.03. The van der Waals surface area contributed by atoms with Crippen LogP contribution in [0.25, 0.3) is 0 Å². The van der Waals surface area contributed by atoms with E-state index in [2.05, 4.69) is 6.92 Å². The Labute approximate surface area is 105 Å². The lowest BCUT2D eigenvalue weighted by Crippen LogP contribution is -2.49. The molecule has 1 heterocycles. The first-order valence-corrected chi connectivity index (χ1v) is 6.45. The maximum atomic E-state index is 12.1. The Bertz CT molecular complexity index is 311. The largest absolute Gasteiger partial charge is 0.390 e. The van der Waals surface area contributed by atoms with Crippen LogP contribution < -0.4 is 0 Å². The number of alkyl halides is 3. The number of nitrogens with zero attached hydrogens (tertiary/aromatic N) is 2. The fraction of sp³-hybridized carbons (Fsp3) is 0.917. The van der Waals surface area contributed by atoms with Gasteiger partial charge in [-0.3, -0.25) is 9.69 Å². The van der Waals surface area contributed by atoms with E-state index in [0.717, 1.165) is 6.42 Å². The molecule has 2 rings (SSSR count). The van der Waals surface area contributed by atoms with Crippen LogP contribution in [0.15, 0.2) is 0 Å². The Morgan fingerprint density at radius 1 is 1.22 bits per heavy atom. The Kier molecular flexibility index (Phi) is 3.84. The third-order valence-corrected chi connectivity index (χ3v) is 3.82. The third-order valence-electron chi connectivity index (χ3n) is 3.82. The van der Waals surface area contributed by atoms with E-state index in [1.54, 1.807) is 9.80 Å². The topological polar surface area (TPSA) is 23.6 Å². The molecule has 1 aliphatic carbocycles. The standard InChI is InChI=1S/C12H19F3N2O/c1-9-8-10(9)11(18)17-6-4-16(5-7-17)3-2-12(13,14)15/h9-10H,2-8H2,1H3/t9-,10-/m0/s1. The molecule has 1 saturated heterocycles. The van der Waals surface area contributed by atoms with Crippen LogP contribution in [-0.4, -0.2) is 54.6 Å². The van der Waals surface area contributed by atoms with Gasteiger partial charge < -0.3 is 4.90 Å². The molecule has 18 heavy (non-hydrogen) atoms. The van der Waals surface area contributed by atoms with Gasteiger partial charge in [-0.1, -0.05) is 6.92 Å². The second kappa shape index (κ2) is 5.07. The fourth-order valence-electron chi connectivity index (χ4n) is 2.38. The summed E-state index contributed by atoms with van der Waals surface area (Å²) in [4.78, 5) is 15.5. The highest BCUT2D eigenvalue weighted by molar-refractivity contribution is 5.81. The van der Waals surface area contributed by atoms with Crippen LogP contribution in [0.2, 0.25) is 0 Å². The first-order chi connectivity index (χ1) is 8.37. The van der Waals surface area contributed by atoms with Crippen molar-refractivity contribution in [2.75, 3.05) is 32.7 Å². The summed E-state index contributed by atoms with van der Waals surface area (Å²) >= 11 is 0. The van der Waals surface area contributed by atoms with E-state index >= 15 is 0 Å². The summed E-state index contributed by atoms with van der Waals surface area (Å²) in [5, 5.41) is 0. The predicted octanol–water partition coefficient (Wildman–Crippen LogP) is 1.74. The Morgan fingerprint density at radius 2 is 1.78 bits per heavy atom. The van der Waals surface area contributed by atoms with Gasteiger partial charge in [0.05, 0.1) is 6.42 Å². The van der Waals surface area contributed by atoms with Crippen LogP contribution in [-0.2, 0) is 4.79 Å². The predicted molar refractivity (Wildman–Crippen MR) is 61.0 cm³/mol. The summed E-state index contributed by atoms with van der Waals surface area (Å²) in [6, 6.07) is 0. The molecule has 0 unspecified atom stereocenters. The van der Waals surface area contributed by atoms with Crippen molar-refractivity contribution in [3.05, 3.63) is 0 Å². The monoisotopic (exact) mass is 264 g/mol. The van der Waals surface area contributed by atoms with E-state index < -0.39 is 12.6 Å². The quantitative estimate of drug-likeness (QED) is 0.775. The van der Waals surface area contributed by atoms with E-state index in [0.29, 0.717) is 32.1 Å². The molecule has 3 nitrogen and oxygen atoms in total. The van der Waals surface area contributed by atoms with Gasteiger partial charge in [-0.15, -0.1) is 0 Å². The SMILES string of the molecule is C[C@H]1C[C@@H]1C(=O)N1CCN(CCC(F)(F)F)CC1. The Morgan fingerprint density at radius 3 is 2.22 bits per heavy atom. The maximum absolute atomic E-state index is 12.1. The van der Waals surface area contributed by atoms with Gasteiger partial charge in [0.2, 0.25) is 5.91 Å². The highest BCUT2D eigenvalue weighted by atomic mass is 19.4. The lowest BCUT2D eigenvalue weighted by molar-refractivity contribution is -0.142. The summed E-state index contributed by atoms with van der Waals surface area (Å²) < 4.78 is 36.2. The minimum Gasteiger partial charge on any atom is -0.340 e. The van der Waals surface area contributed by atoms with Crippen molar-refractivity contribution in [2.45, 2.75) is 25.9 Å². The van der Waals surface area contributed by atoms with Crippen molar-refractivity contribution in [3.8, 4) is 0 Å². The van der Waals surface area contributed by atoms with Crippen LogP contribution in [0.1, 0.15) is 19.8 Å². The molecule has 0 aromatic carbocycles.